The fourth-order valence-electron chi connectivity index (χ4n) is 4.05. The number of benzene rings is 2. The number of pyridine rings is 1. The van der Waals surface area contributed by atoms with E-state index in [1.54, 1.807) is 12.1 Å². The van der Waals surface area contributed by atoms with Crippen LogP contribution < -0.4 is 4.90 Å². The number of hydrogen-bond acceptors (Lipinski definition) is 6. The van der Waals surface area contributed by atoms with Crippen molar-refractivity contribution in [2.45, 2.75) is 25.7 Å². The fraction of sp³-hybridized carbons (Fsp3) is 0.400. The average molecular weight is 456 g/mol. The number of sulfone groups is 1. The number of fused-ring (bicyclic) bond motifs is 1. The Morgan fingerprint density at radius 2 is 1.69 bits per heavy atom. The van der Waals surface area contributed by atoms with Crippen LogP contribution in [0.1, 0.15) is 20.8 Å². The molecule has 0 saturated carbocycles. The van der Waals surface area contributed by atoms with Crippen molar-refractivity contribution in [2.24, 2.45) is 0 Å². The second kappa shape index (κ2) is 10.4. The van der Waals surface area contributed by atoms with Crippen LogP contribution in [0.4, 0.5) is 5.82 Å². The first kappa shape index (κ1) is 24.2. The number of rotatable bonds is 7. The van der Waals surface area contributed by atoms with Crippen molar-refractivity contribution in [3.63, 3.8) is 0 Å². The Balaban J connectivity index is 0.00000289. The third-order valence-electron chi connectivity index (χ3n) is 5.92. The molecule has 1 aromatic heterocycles. The summed E-state index contributed by atoms with van der Waals surface area (Å²) in [5.41, 5.74) is 1.73. The highest BCUT2D eigenvalue weighted by atomic mass is 32.2. The molecule has 1 aliphatic rings. The van der Waals surface area contributed by atoms with Crippen LogP contribution in [0.2, 0.25) is 0 Å². The van der Waals surface area contributed by atoms with E-state index in [1.165, 1.54) is 0 Å². The number of anilines is 1. The zero-order chi connectivity index (χ0) is 21.8. The average Bonchev–Trinajstić information content (AvgIpc) is 2.82. The molecule has 1 aliphatic heterocycles. The molecule has 3 aromatic rings. The Labute approximate surface area is 191 Å². The summed E-state index contributed by atoms with van der Waals surface area (Å²) in [6, 6.07) is 17.3. The van der Waals surface area contributed by atoms with Gasteiger partial charge in [0.05, 0.1) is 16.3 Å². The van der Waals surface area contributed by atoms with Crippen molar-refractivity contribution in [2.75, 3.05) is 50.0 Å². The van der Waals surface area contributed by atoms with Crippen LogP contribution in [0.15, 0.2) is 59.5 Å². The molecule has 0 bridgehead atoms. The summed E-state index contributed by atoms with van der Waals surface area (Å²) in [7, 11) is -3.38. The molecule has 172 valence electrons. The smallest absolute Gasteiger partial charge is 0.178 e. The maximum atomic E-state index is 12.4. The minimum atomic E-state index is -3.38. The van der Waals surface area contributed by atoms with Gasteiger partial charge in [0.25, 0.3) is 0 Å². The van der Waals surface area contributed by atoms with Gasteiger partial charge in [0.15, 0.2) is 9.84 Å². The molecule has 4 rings (SSSR count). The Hall–Kier alpha value is -2.48. The molecule has 2 aromatic carbocycles. The molecule has 32 heavy (non-hydrogen) atoms. The lowest BCUT2D eigenvalue weighted by Gasteiger charge is -2.35. The number of piperazine rings is 1. The van der Waals surface area contributed by atoms with Crippen molar-refractivity contribution in [3.05, 3.63) is 54.6 Å². The fourth-order valence-corrected chi connectivity index (χ4v) is 5.35. The highest BCUT2D eigenvalue weighted by Gasteiger charge is 2.20. The topological polar surface area (TPSA) is 73.7 Å². The molecule has 7 heteroatoms. The van der Waals surface area contributed by atoms with Crippen molar-refractivity contribution in [1.82, 2.24) is 9.88 Å². The summed E-state index contributed by atoms with van der Waals surface area (Å²) in [4.78, 5) is 10.1. The largest absolute Gasteiger partial charge is 0.396 e. The molecule has 0 unspecified atom stereocenters. The Kier molecular flexibility index (Phi) is 7.87. The Bertz CT molecular complexity index is 1140. The third kappa shape index (κ3) is 5.11. The lowest BCUT2D eigenvalue weighted by molar-refractivity contribution is 0.271. The molecule has 0 amide bonds. The zero-order valence-electron chi connectivity index (χ0n) is 17.9. The first-order valence-electron chi connectivity index (χ1n) is 10.8. The van der Waals surface area contributed by atoms with E-state index < -0.39 is 9.84 Å². The predicted molar refractivity (Wildman–Crippen MR) is 132 cm³/mol. The normalized spacial score (nSPS) is 15.0. The lowest BCUT2D eigenvalue weighted by Crippen LogP contribution is -2.46. The molecule has 0 aliphatic carbocycles. The van der Waals surface area contributed by atoms with E-state index >= 15 is 0 Å². The predicted octanol–water partition coefficient (Wildman–Crippen LogP) is 3.84. The SMILES string of the molecule is C.CCN1CCN(c2nc(-c3ccc(S(=O)(=O)CCCO)cc3)cc3ccccc23)CC1. The van der Waals surface area contributed by atoms with E-state index in [-0.39, 0.29) is 31.1 Å². The van der Waals surface area contributed by atoms with Crippen molar-refractivity contribution >= 4 is 26.4 Å². The summed E-state index contributed by atoms with van der Waals surface area (Å²) in [5, 5.41) is 11.2. The maximum absolute atomic E-state index is 12.4. The van der Waals surface area contributed by atoms with E-state index in [4.69, 9.17) is 10.1 Å². The van der Waals surface area contributed by atoms with Gasteiger partial charge in [-0.3, -0.25) is 0 Å². The second-order valence-electron chi connectivity index (χ2n) is 7.89. The Morgan fingerprint density at radius 1 is 1.00 bits per heavy atom. The minimum absolute atomic E-state index is 0. The van der Waals surface area contributed by atoms with Gasteiger partial charge >= 0.3 is 0 Å². The standard InChI is InChI=1S/C24H29N3O3S.CH4/c1-2-26-12-14-27(15-13-26)24-22-7-4-3-6-20(22)18-23(25-24)19-8-10-21(11-9-19)31(29,30)17-5-16-28;/h3-4,6-11,18,28H,2,5,12-17H2,1H3;1H4. The van der Waals surface area contributed by atoms with Gasteiger partial charge in [-0.25, -0.2) is 13.4 Å². The lowest BCUT2D eigenvalue weighted by atomic mass is 10.1. The Morgan fingerprint density at radius 3 is 2.34 bits per heavy atom. The first-order valence-corrected chi connectivity index (χ1v) is 12.5. The van der Waals surface area contributed by atoms with Crippen LogP contribution >= 0.6 is 0 Å². The summed E-state index contributed by atoms with van der Waals surface area (Å²) < 4.78 is 24.8. The quantitative estimate of drug-likeness (QED) is 0.584. The molecular weight excluding hydrogens is 422 g/mol. The van der Waals surface area contributed by atoms with Gasteiger partial charge < -0.3 is 14.9 Å². The van der Waals surface area contributed by atoms with E-state index in [2.05, 4.69) is 34.9 Å². The molecular formula is C25H33N3O3S. The summed E-state index contributed by atoms with van der Waals surface area (Å²) in [5.74, 6) is 0.939. The van der Waals surface area contributed by atoms with Crippen LogP contribution in [0.25, 0.3) is 22.0 Å². The van der Waals surface area contributed by atoms with Crippen LogP contribution in [0.5, 0.6) is 0 Å². The van der Waals surface area contributed by atoms with Gasteiger partial charge in [0, 0.05) is 43.7 Å². The number of aliphatic hydroxyl groups excluding tert-OH is 1. The number of hydrogen-bond donors (Lipinski definition) is 1. The van der Waals surface area contributed by atoms with E-state index in [0.717, 1.165) is 60.6 Å². The van der Waals surface area contributed by atoms with E-state index in [1.807, 2.05) is 24.3 Å². The number of aliphatic hydroxyl groups is 1. The zero-order valence-corrected chi connectivity index (χ0v) is 18.7. The first-order chi connectivity index (χ1) is 15.0. The van der Waals surface area contributed by atoms with Crippen LogP contribution in [-0.2, 0) is 9.84 Å². The summed E-state index contributed by atoms with van der Waals surface area (Å²) >= 11 is 0. The molecule has 0 atom stereocenters. The van der Waals surface area contributed by atoms with Gasteiger partial charge in [0.2, 0.25) is 0 Å². The third-order valence-corrected chi connectivity index (χ3v) is 7.74. The van der Waals surface area contributed by atoms with E-state index in [9.17, 15) is 8.42 Å². The number of aromatic nitrogens is 1. The van der Waals surface area contributed by atoms with Gasteiger partial charge in [-0.15, -0.1) is 0 Å². The number of nitrogens with zero attached hydrogens (tertiary/aromatic N) is 3. The molecule has 1 fully saturated rings. The monoisotopic (exact) mass is 455 g/mol. The van der Waals surface area contributed by atoms with Crippen LogP contribution in [0.3, 0.4) is 0 Å². The summed E-state index contributed by atoms with van der Waals surface area (Å²) in [6.07, 6.45) is 0.241. The second-order valence-corrected chi connectivity index (χ2v) is 10.0. The van der Waals surface area contributed by atoms with Crippen LogP contribution in [0, 0.1) is 0 Å². The molecule has 6 nitrogen and oxygen atoms in total. The molecule has 0 spiro atoms. The van der Waals surface area contributed by atoms with Crippen LogP contribution in [-0.4, -0.2) is 68.5 Å². The van der Waals surface area contributed by atoms with Gasteiger partial charge in [0.1, 0.15) is 5.82 Å². The van der Waals surface area contributed by atoms with Crippen molar-refractivity contribution in [1.29, 1.82) is 0 Å². The highest BCUT2D eigenvalue weighted by molar-refractivity contribution is 7.91. The highest BCUT2D eigenvalue weighted by Crippen LogP contribution is 2.31. The van der Waals surface area contributed by atoms with E-state index in [0.29, 0.717) is 0 Å². The van der Waals surface area contributed by atoms with Crippen molar-refractivity contribution in [3.8, 4) is 11.3 Å². The molecule has 1 saturated heterocycles. The van der Waals surface area contributed by atoms with Gasteiger partial charge in [-0.2, -0.15) is 0 Å². The summed E-state index contributed by atoms with van der Waals surface area (Å²) in [6.45, 7) is 7.06. The van der Waals surface area contributed by atoms with Gasteiger partial charge in [-0.1, -0.05) is 50.7 Å². The van der Waals surface area contributed by atoms with Gasteiger partial charge in [-0.05, 0) is 36.6 Å². The van der Waals surface area contributed by atoms with Crippen molar-refractivity contribution < 1.29 is 13.5 Å². The maximum Gasteiger partial charge on any atom is 0.178 e. The minimum Gasteiger partial charge on any atom is -0.396 e. The molecule has 2 heterocycles. The molecule has 1 N–H and O–H groups in total. The number of likely N-dealkylation sites (N-methyl/N-ethyl adjacent to an activating group) is 1. The molecule has 0 radical (unpaired) electrons.